The van der Waals surface area contributed by atoms with Crippen molar-refractivity contribution in [2.24, 2.45) is 0 Å². The van der Waals surface area contributed by atoms with Crippen LogP contribution in [0.4, 0.5) is 0 Å². The summed E-state index contributed by atoms with van der Waals surface area (Å²) < 4.78 is 5.54. The summed E-state index contributed by atoms with van der Waals surface area (Å²) >= 11 is 0. The summed E-state index contributed by atoms with van der Waals surface area (Å²) in [4.78, 5) is 22.7. The molecule has 1 atom stereocenters. The smallest absolute Gasteiger partial charge is 0.271 e. The number of carbonyl (C=O) groups is 1. The van der Waals surface area contributed by atoms with E-state index in [9.17, 15) is 4.79 Å². The minimum Gasteiger partial charge on any atom is -0.468 e. The summed E-state index contributed by atoms with van der Waals surface area (Å²) in [7, 11) is 0. The highest BCUT2D eigenvalue weighted by molar-refractivity contribution is 5.91. The van der Waals surface area contributed by atoms with Gasteiger partial charge < -0.3 is 9.73 Å². The zero-order valence-electron chi connectivity index (χ0n) is 12.7. The molecule has 1 N–H and O–H groups in total. The first-order valence-corrected chi connectivity index (χ1v) is 7.58. The lowest BCUT2D eigenvalue weighted by Gasteiger charge is -2.25. The number of rotatable bonds is 5. The molecular formula is C16H20N4O2. The van der Waals surface area contributed by atoms with Crippen LogP contribution in [0.5, 0.6) is 0 Å². The van der Waals surface area contributed by atoms with Gasteiger partial charge in [-0.2, -0.15) is 0 Å². The van der Waals surface area contributed by atoms with E-state index < -0.39 is 0 Å². The van der Waals surface area contributed by atoms with Gasteiger partial charge in [-0.1, -0.05) is 0 Å². The van der Waals surface area contributed by atoms with E-state index in [0.29, 0.717) is 12.2 Å². The van der Waals surface area contributed by atoms with E-state index in [0.717, 1.165) is 24.5 Å². The standard InChI is InChI=1S/C16H20N4O2/c1-12-9-18-13(10-17-12)16(21)19-11-14(15-5-4-8-22-15)20-6-2-3-7-20/h4-5,8-10,14H,2-3,6-7,11H2,1H3,(H,19,21). The second-order valence-corrected chi connectivity index (χ2v) is 5.53. The van der Waals surface area contributed by atoms with Crippen LogP contribution in [0.25, 0.3) is 0 Å². The summed E-state index contributed by atoms with van der Waals surface area (Å²) in [6, 6.07) is 3.91. The number of aryl methyl sites for hydroxylation is 1. The maximum absolute atomic E-state index is 12.2. The normalized spacial score (nSPS) is 16.6. The predicted octanol–water partition coefficient (Wildman–Crippen LogP) is 1.94. The van der Waals surface area contributed by atoms with Crippen molar-refractivity contribution in [2.75, 3.05) is 19.6 Å². The fourth-order valence-electron chi connectivity index (χ4n) is 2.73. The zero-order valence-corrected chi connectivity index (χ0v) is 12.7. The molecule has 1 fully saturated rings. The number of carbonyl (C=O) groups excluding carboxylic acids is 1. The molecule has 0 aliphatic carbocycles. The SMILES string of the molecule is Cc1cnc(C(=O)NCC(c2ccco2)N2CCCC2)cn1. The number of hydrogen-bond donors (Lipinski definition) is 1. The minimum absolute atomic E-state index is 0.0693. The number of aromatic nitrogens is 2. The number of hydrogen-bond acceptors (Lipinski definition) is 5. The number of nitrogens with one attached hydrogen (secondary N) is 1. The largest absolute Gasteiger partial charge is 0.468 e. The van der Waals surface area contributed by atoms with Gasteiger partial charge in [-0.15, -0.1) is 0 Å². The monoisotopic (exact) mass is 300 g/mol. The van der Waals surface area contributed by atoms with Crippen LogP contribution in [-0.2, 0) is 0 Å². The van der Waals surface area contributed by atoms with E-state index in [-0.39, 0.29) is 11.9 Å². The van der Waals surface area contributed by atoms with E-state index >= 15 is 0 Å². The van der Waals surface area contributed by atoms with Crippen molar-refractivity contribution in [3.63, 3.8) is 0 Å². The Balaban J connectivity index is 1.66. The third-order valence-electron chi connectivity index (χ3n) is 3.92. The Morgan fingerprint density at radius 2 is 2.18 bits per heavy atom. The van der Waals surface area contributed by atoms with Crippen LogP contribution in [0.15, 0.2) is 35.2 Å². The number of nitrogens with zero attached hydrogens (tertiary/aromatic N) is 3. The summed E-state index contributed by atoms with van der Waals surface area (Å²) in [6.45, 7) is 4.41. The Morgan fingerprint density at radius 3 is 2.82 bits per heavy atom. The molecule has 2 aromatic rings. The van der Waals surface area contributed by atoms with Gasteiger partial charge in [0, 0.05) is 12.7 Å². The molecule has 3 heterocycles. The van der Waals surface area contributed by atoms with Crippen LogP contribution in [0.2, 0.25) is 0 Å². The van der Waals surface area contributed by atoms with Gasteiger partial charge in [-0.05, 0) is 45.0 Å². The first-order valence-electron chi connectivity index (χ1n) is 7.58. The fourth-order valence-corrected chi connectivity index (χ4v) is 2.73. The molecule has 0 bridgehead atoms. The van der Waals surface area contributed by atoms with E-state index in [1.807, 2.05) is 19.1 Å². The van der Waals surface area contributed by atoms with Crippen molar-refractivity contribution < 1.29 is 9.21 Å². The quantitative estimate of drug-likeness (QED) is 0.913. The van der Waals surface area contributed by atoms with Crippen molar-refractivity contribution in [1.82, 2.24) is 20.2 Å². The van der Waals surface area contributed by atoms with Crippen LogP contribution in [-0.4, -0.2) is 40.4 Å². The number of furan rings is 1. The highest BCUT2D eigenvalue weighted by Gasteiger charge is 2.26. The Bertz CT molecular complexity index is 604. The second kappa shape index (κ2) is 6.70. The van der Waals surface area contributed by atoms with Crippen molar-refractivity contribution in [1.29, 1.82) is 0 Å². The highest BCUT2D eigenvalue weighted by Crippen LogP contribution is 2.24. The molecule has 116 valence electrons. The van der Waals surface area contributed by atoms with Gasteiger partial charge in [-0.3, -0.25) is 14.7 Å². The van der Waals surface area contributed by atoms with Crippen molar-refractivity contribution >= 4 is 5.91 Å². The second-order valence-electron chi connectivity index (χ2n) is 5.53. The molecule has 3 rings (SSSR count). The van der Waals surface area contributed by atoms with Crippen molar-refractivity contribution in [3.8, 4) is 0 Å². The Morgan fingerprint density at radius 1 is 1.36 bits per heavy atom. The Labute approximate surface area is 129 Å². The molecule has 6 nitrogen and oxygen atoms in total. The van der Waals surface area contributed by atoms with Crippen molar-refractivity contribution in [2.45, 2.75) is 25.8 Å². The van der Waals surface area contributed by atoms with Gasteiger partial charge >= 0.3 is 0 Å². The Hall–Kier alpha value is -2.21. The summed E-state index contributed by atoms with van der Waals surface area (Å²) in [5.41, 5.74) is 1.13. The summed E-state index contributed by atoms with van der Waals surface area (Å²) in [5.74, 6) is 0.681. The number of amides is 1. The lowest BCUT2D eigenvalue weighted by Crippen LogP contribution is -2.36. The van der Waals surface area contributed by atoms with E-state index in [2.05, 4.69) is 20.2 Å². The number of likely N-dealkylation sites (tertiary alicyclic amines) is 1. The molecule has 6 heteroatoms. The summed E-state index contributed by atoms with van der Waals surface area (Å²) in [5, 5.41) is 2.94. The zero-order chi connectivity index (χ0) is 15.4. The van der Waals surface area contributed by atoms with E-state index in [1.165, 1.54) is 19.0 Å². The first kappa shape index (κ1) is 14.7. The van der Waals surface area contributed by atoms with Gasteiger partial charge in [0.05, 0.1) is 24.2 Å². The van der Waals surface area contributed by atoms with Crippen LogP contribution in [0, 0.1) is 6.92 Å². The van der Waals surface area contributed by atoms with E-state index in [4.69, 9.17) is 4.42 Å². The van der Waals surface area contributed by atoms with Gasteiger partial charge in [0.25, 0.3) is 5.91 Å². The molecule has 1 aliphatic heterocycles. The highest BCUT2D eigenvalue weighted by atomic mass is 16.3. The van der Waals surface area contributed by atoms with Gasteiger partial charge in [0.15, 0.2) is 0 Å². The van der Waals surface area contributed by atoms with Crippen LogP contribution in [0.3, 0.4) is 0 Å². The van der Waals surface area contributed by atoms with Gasteiger partial charge in [-0.25, -0.2) is 4.98 Å². The average Bonchev–Trinajstić information content (AvgIpc) is 3.22. The third-order valence-corrected chi connectivity index (χ3v) is 3.92. The molecule has 1 unspecified atom stereocenters. The third kappa shape index (κ3) is 3.33. The molecular weight excluding hydrogens is 280 g/mol. The maximum Gasteiger partial charge on any atom is 0.271 e. The molecule has 1 amide bonds. The topological polar surface area (TPSA) is 71.3 Å². The maximum atomic E-state index is 12.2. The van der Waals surface area contributed by atoms with Gasteiger partial charge in [0.2, 0.25) is 0 Å². The first-order chi connectivity index (χ1) is 10.7. The molecule has 0 saturated carbocycles. The molecule has 0 radical (unpaired) electrons. The van der Waals surface area contributed by atoms with Crippen LogP contribution >= 0.6 is 0 Å². The van der Waals surface area contributed by atoms with Gasteiger partial charge in [0.1, 0.15) is 11.5 Å². The predicted molar refractivity (Wildman–Crippen MR) is 81.4 cm³/mol. The summed E-state index contributed by atoms with van der Waals surface area (Å²) in [6.07, 6.45) is 7.15. The fraction of sp³-hybridized carbons (Fsp3) is 0.438. The molecule has 2 aromatic heterocycles. The molecule has 0 aromatic carbocycles. The average molecular weight is 300 g/mol. The molecule has 1 saturated heterocycles. The molecule has 1 aliphatic rings. The minimum atomic E-state index is -0.205. The lowest BCUT2D eigenvalue weighted by molar-refractivity contribution is 0.0928. The lowest BCUT2D eigenvalue weighted by atomic mass is 10.2. The van der Waals surface area contributed by atoms with Crippen molar-refractivity contribution in [3.05, 3.63) is 47.9 Å². The van der Waals surface area contributed by atoms with Crippen LogP contribution in [0.1, 0.15) is 40.8 Å². The van der Waals surface area contributed by atoms with E-state index in [1.54, 1.807) is 12.5 Å². The van der Waals surface area contributed by atoms with Crippen LogP contribution < -0.4 is 5.32 Å². The molecule has 0 spiro atoms. The molecule has 22 heavy (non-hydrogen) atoms. The Kier molecular flexibility index (Phi) is 4.48.